The van der Waals surface area contributed by atoms with Gasteiger partial charge in [-0.25, -0.2) is 0 Å². The summed E-state index contributed by atoms with van der Waals surface area (Å²) in [5, 5.41) is 2.90. The highest BCUT2D eigenvalue weighted by Gasteiger charge is 2.30. The second kappa shape index (κ2) is 12.2. The zero-order valence-corrected chi connectivity index (χ0v) is 20.5. The molecule has 0 heterocycles. The first-order valence-electron chi connectivity index (χ1n) is 11.0. The van der Waals surface area contributed by atoms with Crippen LogP contribution >= 0.6 is 15.9 Å². The number of carbonyl (C=O) groups is 2. The van der Waals surface area contributed by atoms with Gasteiger partial charge in [0.15, 0.2) is 6.61 Å². The molecule has 1 atom stereocenters. The molecule has 172 valence electrons. The molecular weight excluding hydrogens is 480 g/mol. The first kappa shape index (κ1) is 24.5. The molecule has 0 radical (unpaired) electrons. The van der Waals surface area contributed by atoms with Crippen LogP contribution in [0.4, 0.5) is 0 Å². The Morgan fingerprint density at radius 3 is 2.33 bits per heavy atom. The average molecular weight is 509 g/mol. The number of aryl methyl sites for hydroxylation is 1. The second-order valence-corrected chi connectivity index (χ2v) is 8.77. The Kier molecular flexibility index (Phi) is 9.07. The maximum absolute atomic E-state index is 13.4. The maximum Gasteiger partial charge on any atom is 0.261 e. The summed E-state index contributed by atoms with van der Waals surface area (Å²) in [6.07, 6.45) is 0.419. The smallest absolute Gasteiger partial charge is 0.261 e. The summed E-state index contributed by atoms with van der Waals surface area (Å²) in [4.78, 5) is 28.2. The number of rotatable bonds is 10. The van der Waals surface area contributed by atoms with E-state index >= 15 is 0 Å². The van der Waals surface area contributed by atoms with Crippen LogP contribution in [0.3, 0.4) is 0 Å². The van der Waals surface area contributed by atoms with E-state index < -0.39 is 6.04 Å². The third kappa shape index (κ3) is 7.46. The van der Waals surface area contributed by atoms with Crippen LogP contribution in [0.15, 0.2) is 83.3 Å². The van der Waals surface area contributed by atoms with Crippen molar-refractivity contribution in [3.05, 3.63) is 100 Å². The van der Waals surface area contributed by atoms with Gasteiger partial charge in [0.25, 0.3) is 5.91 Å². The third-order valence-electron chi connectivity index (χ3n) is 5.23. The molecule has 1 N–H and O–H groups in total. The molecule has 0 fully saturated rings. The van der Waals surface area contributed by atoms with Crippen LogP contribution in [0.5, 0.6) is 5.75 Å². The van der Waals surface area contributed by atoms with E-state index in [-0.39, 0.29) is 18.4 Å². The van der Waals surface area contributed by atoms with Crippen LogP contribution in [0.25, 0.3) is 0 Å². The molecule has 0 saturated heterocycles. The molecule has 0 aliphatic carbocycles. The quantitative estimate of drug-likeness (QED) is 0.423. The molecule has 33 heavy (non-hydrogen) atoms. The number of ether oxygens (including phenoxy) is 1. The van der Waals surface area contributed by atoms with Crippen molar-refractivity contribution in [2.45, 2.75) is 32.9 Å². The number of nitrogens with zero attached hydrogens (tertiary/aromatic N) is 1. The Morgan fingerprint density at radius 1 is 0.970 bits per heavy atom. The fourth-order valence-electron chi connectivity index (χ4n) is 3.61. The van der Waals surface area contributed by atoms with Crippen molar-refractivity contribution < 1.29 is 14.3 Å². The van der Waals surface area contributed by atoms with Gasteiger partial charge in [-0.3, -0.25) is 9.59 Å². The highest BCUT2D eigenvalue weighted by molar-refractivity contribution is 9.10. The van der Waals surface area contributed by atoms with Crippen molar-refractivity contribution >= 4 is 27.7 Å². The molecule has 6 heteroatoms. The van der Waals surface area contributed by atoms with Crippen molar-refractivity contribution in [3.63, 3.8) is 0 Å². The summed E-state index contributed by atoms with van der Waals surface area (Å²) >= 11 is 3.40. The Balaban J connectivity index is 1.88. The van der Waals surface area contributed by atoms with E-state index in [2.05, 4.69) is 21.2 Å². The summed E-state index contributed by atoms with van der Waals surface area (Å²) in [5.41, 5.74) is 3.06. The molecule has 0 bridgehead atoms. The predicted molar refractivity (Wildman–Crippen MR) is 134 cm³/mol. The molecule has 3 aromatic rings. The minimum absolute atomic E-state index is 0.155. The lowest BCUT2D eigenvalue weighted by Crippen LogP contribution is -2.51. The average Bonchev–Trinajstić information content (AvgIpc) is 2.81. The van der Waals surface area contributed by atoms with E-state index in [9.17, 15) is 9.59 Å². The minimum atomic E-state index is -0.658. The number of carbonyl (C=O) groups excluding carboxylic acids is 2. The van der Waals surface area contributed by atoms with E-state index in [0.29, 0.717) is 25.3 Å². The molecule has 3 rings (SSSR count). The number of nitrogens with one attached hydrogen (secondary N) is 1. The molecule has 0 aliphatic rings. The Labute approximate surface area is 203 Å². The summed E-state index contributed by atoms with van der Waals surface area (Å²) in [7, 11) is 0. The largest absolute Gasteiger partial charge is 0.484 e. The van der Waals surface area contributed by atoms with Gasteiger partial charge in [0, 0.05) is 24.0 Å². The molecule has 0 saturated carbocycles. The van der Waals surface area contributed by atoms with E-state index in [1.807, 2.05) is 80.6 Å². The molecular formula is C27H29BrN2O3. The number of benzene rings is 3. The van der Waals surface area contributed by atoms with Gasteiger partial charge in [-0.15, -0.1) is 0 Å². The van der Waals surface area contributed by atoms with E-state index in [0.717, 1.165) is 21.2 Å². The van der Waals surface area contributed by atoms with Crippen LogP contribution in [0.1, 0.15) is 23.6 Å². The number of hydrogen-bond acceptors (Lipinski definition) is 3. The molecule has 0 aromatic heterocycles. The van der Waals surface area contributed by atoms with Gasteiger partial charge in [-0.1, -0.05) is 76.1 Å². The summed E-state index contributed by atoms with van der Waals surface area (Å²) in [6.45, 7) is 4.54. The molecule has 1 unspecified atom stereocenters. The number of halogens is 1. The SMILES string of the molecule is CCNC(=O)C(Cc1ccccc1)N(Cc1cccc(C)c1)C(=O)COc1ccc(Br)cc1. The Hall–Kier alpha value is -3.12. The van der Waals surface area contributed by atoms with Gasteiger partial charge in [0.1, 0.15) is 11.8 Å². The van der Waals surface area contributed by atoms with E-state index in [4.69, 9.17) is 4.74 Å². The van der Waals surface area contributed by atoms with Crippen LogP contribution in [-0.4, -0.2) is 35.9 Å². The van der Waals surface area contributed by atoms with Crippen LogP contribution in [0.2, 0.25) is 0 Å². The predicted octanol–water partition coefficient (Wildman–Crippen LogP) is 4.91. The van der Waals surface area contributed by atoms with Gasteiger partial charge < -0.3 is 15.0 Å². The van der Waals surface area contributed by atoms with Crippen molar-refractivity contribution in [3.8, 4) is 5.75 Å². The van der Waals surface area contributed by atoms with Crippen molar-refractivity contribution in [1.29, 1.82) is 0 Å². The van der Waals surface area contributed by atoms with E-state index in [1.165, 1.54) is 0 Å². The molecule has 2 amide bonds. The first-order valence-corrected chi connectivity index (χ1v) is 11.8. The van der Waals surface area contributed by atoms with E-state index in [1.54, 1.807) is 17.0 Å². The highest BCUT2D eigenvalue weighted by atomic mass is 79.9. The van der Waals surface area contributed by atoms with Gasteiger partial charge in [0.05, 0.1) is 0 Å². The Morgan fingerprint density at radius 2 is 1.67 bits per heavy atom. The van der Waals surface area contributed by atoms with Gasteiger partial charge in [0.2, 0.25) is 5.91 Å². The molecule has 5 nitrogen and oxygen atoms in total. The first-order chi connectivity index (χ1) is 16.0. The monoisotopic (exact) mass is 508 g/mol. The van der Waals surface area contributed by atoms with Crippen LogP contribution in [-0.2, 0) is 22.6 Å². The lowest BCUT2D eigenvalue weighted by Gasteiger charge is -2.31. The third-order valence-corrected chi connectivity index (χ3v) is 5.76. The second-order valence-electron chi connectivity index (χ2n) is 7.85. The zero-order chi connectivity index (χ0) is 23.6. The lowest BCUT2D eigenvalue weighted by molar-refractivity contribution is -0.142. The Bertz CT molecular complexity index is 1050. The number of amides is 2. The van der Waals surface area contributed by atoms with Crippen molar-refractivity contribution in [2.75, 3.05) is 13.2 Å². The fourth-order valence-corrected chi connectivity index (χ4v) is 3.88. The van der Waals surface area contributed by atoms with Crippen LogP contribution in [0, 0.1) is 6.92 Å². The zero-order valence-electron chi connectivity index (χ0n) is 19.0. The molecule has 0 aliphatic heterocycles. The van der Waals surface area contributed by atoms with Gasteiger partial charge in [-0.05, 0) is 49.2 Å². The number of likely N-dealkylation sites (N-methyl/N-ethyl adjacent to an activating group) is 1. The topological polar surface area (TPSA) is 58.6 Å². The molecule has 0 spiro atoms. The maximum atomic E-state index is 13.4. The van der Waals surface area contributed by atoms with Crippen molar-refractivity contribution in [1.82, 2.24) is 10.2 Å². The summed E-state index contributed by atoms with van der Waals surface area (Å²) in [5.74, 6) is 0.178. The van der Waals surface area contributed by atoms with Gasteiger partial charge >= 0.3 is 0 Å². The lowest BCUT2D eigenvalue weighted by atomic mass is 10.0. The van der Waals surface area contributed by atoms with Crippen molar-refractivity contribution in [2.24, 2.45) is 0 Å². The fraction of sp³-hybridized carbons (Fsp3) is 0.259. The highest BCUT2D eigenvalue weighted by Crippen LogP contribution is 2.18. The minimum Gasteiger partial charge on any atom is -0.484 e. The standard InChI is InChI=1S/C27H29BrN2O3/c1-3-29-27(32)25(17-21-9-5-4-6-10-21)30(18-22-11-7-8-20(2)16-22)26(31)19-33-24-14-12-23(28)13-15-24/h4-16,25H,3,17-19H2,1-2H3,(H,29,32). The normalized spacial score (nSPS) is 11.5. The van der Waals surface area contributed by atoms with Gasteiger partial charge in [-0.2, -0.15) is 0 Å². The molecule has 3 aromatic carbocycles. The summed E-state index contributed by atoms with van der Waals surface area (Å²) < 4.78 is 6.69. The number of hydrogen-bond donors (Lipinski definition) is 1. The van der Waals surface area contributed by atoms with Crippen LogP contribution < -0.4 is 10.1 Å². The summed E-state index contributed by atoms with van der Waals surface area (Å²) in [6, 6.07) is 24.4.